The Bertz CT molecular complexity index is 255. The highest BCUT2D eigenvalue weighted by atomic mass is 16.2. The fourth-order valence-electron chi connectivity index (χ4n) is 1.68. The maximum absolute atomic E-state index is 11.3. The van der Waals surface area contributed by atoms with Crippen molar-refractivity contribution in [1.82, 2.24) is 20.9 Å². The first-order valence-corrected chi connectivity index (χ1v) is 4.36. The molecule has 2 unspecified atom stereocenters. The van der Waals surface area contributed by atoms with Gasteiger partial charge in [-0.2, -0.15) is 0 Å². The van der Waals surface area contributed by atoms with Gasteiger partial charge < -0.3 is 20.9 Å². The van der Waals surface area contributed by atoms with E-state index in [-0.39, 0.29) is 24.4 Å². The summed E-state index contributed by atoms with van der Waals surface area (Å²) in [5.41, 5.74) is 0. The molecule has 2 fully saturated rings. The Morgan fingerprint density at radius 3 is 2.77 bits per heavy atom. The largest absolute Gasteiger partial charge is 0.320 e. The Kier molecular flexibility index (Phi) is 1.75. The summed E-state index contributed by atoms with van der Waals surface area (Å²) in [5.74, 6) is 0. The molecule has 3 N–H and O–H groups in total. The molecule has 2 aliphatic rings. The average molecular weight is 184 g/mol. The van der Waals surface area contributed by atoms with Gasteiger partial charge in [-0.3, -0.25) is 0 Å². The van der Waals surface area contributed by atoms with Crippen molar-refractivity contribution in [2.45, 2.75) is 25.7 Å². The second kappa shape index (κ2) is 2.79. The van der Waals surface area contributed by atoms with E-state index in [9.17, 15) is 9.59 Å². The van der Waals surface area contributed by atoms with Gasteiger partial charge in [0.2, 0.25) is 0 Å². The van der Waals surface area contributed by atoms with Crippen molar-refractivity contribution in [3.05, 3.63) is 0 Å². The molecule has 0 aliphatic carbocycles. The van der Waals surface area contributed by atoms with Crippen LogP contribution >= 0.6 is 0 Å². The van der Waals surface area contributed by atoms with Gasteiger partial charge in [0.25, 0.3) is 0 Å². The smallest absolute Gasteiger partial charge is 0.314 e. The molecule has 0 radical (unpaired) electrons. The third-order valence-corrected chi connectivity index (χ3v) is 2.22. The highest BCUT2D eigenvalue weighted by Crippen LogP contribution is 2.13. The molecule has 0 spiro atoms. The van der Waals surface area contributed by atoms with Gasteiger partial charge >= 0.3 is 12.1 Å². The molecule has 6 nitrogen and oxygen atoms in total. The van der Waals surface area contributed by atoms with Crippen LogP contribution < -0.4 is 16.0 Å². The van der Waals surface area contributed by atoms with Crippen LogP contribution in [0.4, 0.5) is 9.59 Å². The number of amides is 4. The standard InChI is InChI=1S/C7H12N4O2/c1-2-3-11-5-4(9-7(11)13)8-6(12)10-5/h4-5H,2-3H2,1H3,(H,9,13)(H2,8,10,12). The normalized spacial score (nSPS) is 31.0. The van der Waals surface area contributed by atoms with E-state index in [1.54, 1.807) is 4.90 Å². The van der Waals surface area contributed by atoms with Gasteiger partial charge in [0.15, 0.2) is 0 Å². The molecule has 2 aliphatic heterocycles. The summed E-state index contributed by atoms with van der Waals surface area (Å²) in [4.78, 5) is 23.8. The molecule has 0 aromatic carbocycles. The zero-order valence-corrected chi connectivity index (χ0v) is 7.33. The summed E-state index contributed by atoms with van der Waals surface area (Å²) in [5, 5.41) is 7.96. The zero-order chi connectivity index (χ0) is 9.42. The number of carbonyl (C=O) groups excluding carboxylic acids is 2. The van der Waals surface area contributed by atoms with Crippen LogP contribution in [-0.2, 0) is 0 Å². The van der Waals surface area contributed by atoms with Gasteiger partial charge in [0, 0.05) is 6.54 Å². The molecule has 2 saturated heterocycles. The average Bonchev–Trinajstić information content (AvgIpc) is 2.52. The third-order valence-electron chi connectivity index (χ3n) is 2.22. The lowest BCUT2D eigenvalue weighted by molar-refractivity contribution is 0.196. The number of hydrogen-bond acceptors (Lipinski definition) is 2. The third kappa shape index (κ3) is 1.18. The van der Waals surface area contributed by atoms with Crippen molar-refractivity contribution in [2.24, 2.45) is 0 Å². The number of rotatable bonds is 2. The number of carbonyl (C=O) groups is 2. The molecule has 13 heavy (non-hydrogen) atoms. The van der Waals surface area contributed by atoms with E-state index in [0.717, 1.165) is 6.42 Å². The molecule has 72 valence electrons. The first-order valence-electron chi connectivity index (χ1n) is 4.36. The van der Waals surface area contributed by atoms with Gasteiger partial charge in [0.05, 0.1) is 0 Å². The summed E-state index contributed by atoms with van der Waals surface area (Å²) >= 11 is 0. The van der Waals surface area contributed by atoms with E-state index in [1.807, 2.05) is 6.92 Å². The lowest BCUT2D eigenvalue weighted by Crippen LogP contribution is -2.43. The highest BCUT2D eigenvalue weighted by Gasteiger charge is 2.44. The van der Waals surface area contributed by atoms with Crippen LogP contribution in [0.1, 0.15) is 13.3 Å². The summed E-state index contributed by atoms with van der Waals surface area (Å²) in [6, 6.07) is -0.347. The van der Waals surface area contributed by atoms with E-state index in [2.05, 4.69) is 16.0 Å². The Morgan fingerprint density at radius 1 is 1.31 bits per heavy atom. The maximum atomic E-state index is 11.3. The second-order valence-electron chi connectivity index (χ2n) is 3.18. The highest BCUT2D eigenvalue weighted by molar-refractivity contribution is 5.84. The van der Waals surface area contributed by atoms with Crippen LogP contribution in [0.2, 0.25) is 0 Å². The van der Waals surface area contributed by atoms with Crippen molar-refractivity contribution >= 4 is 12.1 Å². The molecular formula is C7H12N4O2. The quantitative estimate of drug-likeness (QED) is 0.535. The molecule has 2 atom stereocenters. The molecule has 0 aromatic heterocycles. The maximum Gasteiger partial charge on any atom is 0.320 e. The molecule has 0 saturated carbocycles. The molecule has 2 rings (SSSR count). The summed E-state index contributed by atoms with van der Waals surface area (Å²) in [6.45, 7) is 2.65. The predicted octanol–water partition coefficient (Wildman–Crippen LogP) is -0.613. The Morgan fingerprint density at radius 2 is 2.08 bits per heavy atom. The second-order valence-corrected chi connectivity index (χ2v) is 3.18. The number of fused-ring (bicyclic) bond motifs is 1. The van der Waals surface area contributed by atoms with Crippen molar-refractivity contribution < 1.29 is 9.59 Å². The molecule has 2 heterocycles. The van der Waals surface area contributed by atoms with Crippen molar-refractivity contribution in [3.63, 3.8) is 0 Å². The summed E-state index contributed by atoms with van der Waals surface area (Å²) < 4.78 is 0. The monoisotopic (exact) mass is 184 g/mol. The fraction of sp³-hybridized carbons (Fsp3) is 0.714. The zero-order valence-electron chi connectivity index (χ0n) is 7.33. The predicted molar refractivity (Wildman–Crippen MR) is 44.8 cm³/mol. The minimum Gasteiger partial charge on any atom is -0.314 e. The van der Waals surface area contributed by atoms with E-state index >= 15 is 0 Å². The Labute approximate surface area is 75.6 Å². The molecular weight excluding hydrogens is 172 g/mol. The van der Waals surface area contributed by atoms with E-state index < -0.39 is 0 Å². The first kappa shape index (κ1) is 8.15. The molecule has 6 heteroatoms. The van der Waals surface area contributed by atoms with Crippen molar-refractivity contribution in [3.8, 4) is 0 Å². The Hall–Kier alpha value is -1.46. The van der Waals surface area contributed by atoms with Crippen LogP contribution in [0.5, 0.6) is 0 Å². The number of nitrogens with zero attached hydrogens (tertiary/aromatic N) is 1. The van der Waals surface area contributed by atoms with Gasteiger partial charge in [-0.1, -0.05) is 6.92 Å². The lowest BCUT2D eigenvalue weighted by atomic mass is 10.4. The van der Waals surface area contributed by atoms with Gasteiger partial charge in [-0.25, -0.2) is 9.59 Å². The first-order chi connectivity index (χ1) is 6.22. The molecule has 4 amide bonds. The SMILES string of the molecule is CCCN1C(=O)NC2NC(=O)NC21. The summed E-state index contributed by atoms with van der Waals surface area (Å²) in [6.07, 6.45) is 0.387. The van der Waals surface area contributed by atoms with E-state index in [4.69, 9.17) is 0 Å². The fourth-order valence-corrected chi connectivity index (χ4v) is 1.68. The van der Waals surface area contributed by atoms with Crippen LogP contribution in [0.15, 0.2) is 0 Å². The molecule has 0 aromatic rings. The van der Waals surface area contributed by atoms with Crippen LogP contribution in [0.3, 0.4) is 0 Å². The van der Waals surface area contributed by atoms with E-state index in [0.29, 0.717) is 6.54 Å². The lowest BCUT2D eigenvalue weighted by Gasteiger charge is -2.19. The van der Waals surface area contributed by atoms with Crippen LogP contribution in [-0.4, -0.2) is 35.8 Å². The van der Waals surface area contributed by atoms with E-state index in [1.165, 1.54) is 0 Å². The topological polar surface area (TPSA) is 73.5 Å². The number of urea groups is 2. The van der Waals surface area contributed by atoms with Crippen LogP contribution in [0, 0.1) is 0 Å². The van der Waals surface area contributed by atoms with Gasteiger partial charge in [-0.15, -0.1) is 0 Å². The minimum atomic E-state index is -0.272. The van der Waals surface area contributed by atoms with Crippen LogP contribution in [0.25, 0.3) is 0 Å². The van der Waals surface area contributed by atoms with Crippen molar-refractivity contribution in [2.75, 3.05) is 6.54 Å². The molecule has 0 bridgehead atoms. The number of hydrogen-bond donors (Lipinski definition) is 3. The number of nitrogens with one attached hydrogen (secondary N) is 3. The minimum absolute atomic E-state index is 0.121. The van der Waals surface area contributed by atoms with Gasteiger partial charge in [0.1, 0.15) is 12.3 Å². The Balaban J connectivity index is 2.10. The van der Waals surface area contributed by atoms with Gasteiger partial charge in [-0.05, 0) is 6.42 Å². The van der Waals surface area contributed by atoms with Crippen molar-refractivity contribution in [1.29, 1.82) is 0 Å². The summed E-state index contributed by atoms with van der Waals surface area (Å²) in [7, 11) is 0.